The number of carboxylic acids is 1. The van der Waals surface area contributed by atoms with Gasteiger partial charge in [-0.25, -0.2) is 0 Å². The molecule has 0 unspecified atom stereocenters. The molecule has 0 saturated carbocycles. The summed E-state index contributed by atoms with van der Waals surface area (Å²) in [5.74, 6) is 3.41. The highest BCUT2D eigenvalue weighted by Crippen LogP contribution is 2.26. The average molecular weight is 301 g/mol. The highest BCUT2D eigenvalue weighted by atomic mass is 32.2. The van der Waals surface area contributed by atoms with E-state index in [1.807, 2.05) is 11.8 Å². The largest absolute Gasteiger partial charge is 0.481 e. The molecule has 0 spiro atoms. The number of nitrogens with zero attached hydrogens (tertiary/aromatic N) is 3. The maximum absolute atomic E-state index is 10.6. The minimum atomic E-state index is -0.818. The summed E-state index contributed by atoms with van der Waals surface area (Å²) in [7, 11) is 0. The van der Waals surface area contributed by atoms with E-state index in [-0.39, 0.29) is 5.75 Å². The van der Waals surface area contributed by atoms with Gasteiger partial charge in [0.2, 0.25) is 0 Å². The number of carboxylic acid groups (broad SMARTS) is 1. The zero-order valence-corrected chi connectivity index (χ0v) is 12.7. The van der Waals surface area contributed by atoms with Crippen LogP contribution in [0, 0.1) is 5.92 Å². The van der Waals surface area contributed by atoms with Crippen LogP contribution in [0.3, 0.4) is 0 Å². The van der Waals surface area contributed by atoms with Crippen molar-refractivity contribution in [1.29, 1.82) is 0 Å². The molecular formula is C12H19N3O2S2. The maximum atomic E-state index is 10.6. The normalized spacial score (nSPS) is 16.7. The first-order chi connectivity index (χ1) is 9.20. The van der Waals surface area contributed by atoms with Gasteiger partial charge in [0.05, 0.1) is 5.75 Å². The van der Waals surface area contributed by atoms with Gasteiger partial charge in [-0.3, -0.25) is 4.79 Å². The smallest absolute Gasteiger partial charge is 0.313 e. The molecule has 1 aromatic rings. The molecule has 1 aliphatic rings. The minimum absolute atomic E-state index is 0.0399. The van der Waals surface area contributed by atoms with Gasteiger partial charge in [0, 0.05) is 13.0 Å². The Morgan fingerprint density at radius 1 is 1.47 bits per heavy atom. The molecule has 0 aromatic carbocycles. The minimum Gasteiger partial charge on any atom is -0.481 e. The van der Waals surface area contributed by atoms with E-state index < -0.39 is 5.97 Å². The van der Waals surface area contributed by atoms with Gasteiger partial charge >= 0.3 is 5.97 Å². The molecule has 1 aromatic heterocycles. The SMILES string of the molecule is CCn1c(CC2CCSCC2)nnc1SCC(=O)O. The van der Waals surface area contributed by atoms with Crippen LogP contribution in [0.15, 0.2) is 5.16 Å². The van der Waals surface area contributed by atoms with Crippen LogP contribution in [-0.2, 0) is 17.8 Å². The Hall–Kier alpha value is -0.690. The van der Waals surface area contributed by atoms with Crippen molar-refractivity contribution < 1.29 is 9.90 Å². The molecule has 2 heterocycles. The molecule has 0 bridgehead atoms. The highest BCUT2D eigenvalue weighted by Gasteiger charge is 2.19. The van der Waals surface area contributed by atoms with Crippen LogP contribution in [0.1, 0.15) is 25.6 Å². The van der Waals surface area contributed by atoms with Crippen molar-refractivity contribution >= 4 is 29.5 Å². The van der Waals surface area contributed by atoms with Crippen LogP contribution < -0.4 is 0 Å². The zero-order chi connectivity index (χ0) is 13.7. The van der Waals surface area contributed by atoms with E-state index in [1.54, 1.807) is 0 Å². The summed E-state index contributed by atoms with van der Waals surface area (Å²) in [5, 5.41) is 17.8. The number of carbonyl (C=O) groups is 1. The average Bonchev–Trinajstić information content (AvgIpc) is 2.79. The Balaban J connectivity index is 2.01. The van der Waals surface area contributed by atoms with Gasteiger partial charge in [0.25, 0.3) is 0 Å². The van der Waals surface area contributed by atoms with Crippen LogP contribution in [0.2, 0.25) is 0 Å². The number of aromatic nitrogens is 3. The van der Waals surface area contributed by atoms with E-state index in [0.717, 1.165) is 23.9 Å². The standard InChI is InChI=1S/C12H19N3O2S2/c1-2-15-10(7-9-3-5-18-6-4-9)13-14-12(15)19-8-11(16)17/h9H,2-8H2,1H3,(H,16,17). The molecular weight excluding hydrogens is 282 g/mol. The summed E-state index contributed by atoms with van der Waals surface area (Å²) < 4.78 is 2.05. The fourth-order valence-electron chi connectivity index (χ4n) is 2.23. The molecule has 0 amide bonds. The number of thioether (sulfide) groups is 2. The van der Waals surface area contributed by atoms with Crippen molar-refractivity contribution in [1.82, 2.24) is 14.8 Å². The molecule has 1 aliphatic heterocycles. The van der Waals surface area contributed by atoms with Gasteiger partial charge in [0.1, 0.15) is 5.82 Å². The first-order valence-electron chi connectivity index (χ1n) is 6.55. The van der Waals surface area contributed by atoms with E-state index in [4.69, 9.17) is 5.11 Å². The molecule has 2 rings (SSSR count). The Bertz CT molecular complexity index is 431. The molecule has 106 valence electrons. The quantitative estimate of drug-likeness (QED) is 0.812. The van der Waals surface area contributed by atoms with Gasteiger partial charge in [-0.2, -0.15) is 11.8 Å². The lowest BCUT2D eigenvalue weighted by molar-refractivity contribution is -0.133. The van der Waals surface area contributed by atoms with Crippen LogP contribution in [0.4, 0.5) is 0 Å². The fourth-order valence-corrected chi connectivity index (χ4v) is 4.18. The molecule has 5 nitrogen and oxygen atoms in total. The third-order valence-electron chi connectivity index (χ3n) is 3.25. The zero-order valence-electron chi connectivity index (χ0n) is 11.0. The van der Waals surface area contributed by atoms with Gasteiger partial charge in [0.15, 0.2) is 5.16 Å². The third-order valence-corrected chi connectivity index (χ3v) is 5.25. The Morgan fingerprint density at radius 3 is 2.84 bits per heavy atom. The lowest BCUT2D eigenvalue weighted by Gasteiger charge is -2.20. The molecule has 1 fully saturated rings. The van der Waals surface area contributed by atoms with Gasteiger partial charge < -0.3 is 9.67 Å². The molecule has 0 aliphatic carbocycles. The molecule has 7 heteroatoms. The summed E-state index contributed by atoms with van der Waals surface area (Å²) in [6.45, 7) is 2.85. The Morgan fingerprint density at radius 2 is 2.21 bits per heavy atom. The lowest BCUT2D eigenvalue weighted by Crippen LogP contribution is -2.15. The summed E-state index contributed by atoms with van der Waals surface area (Å²) in [6, 6.07) is 0. The lowest BCUT2D eigenvalue weighted by atomic mass is 9.98. The Kier molecular flexibility index (Phi) is 5.57. The monoisotopic (exact) mass is 301 g/mol. The first-order valence-corrected chi connectivity index (χ1v) is 8.69. The van der Waals surface area contributed by atoms with Crippen molar-refractivity contribution in [2.45, 2.75) is 37.9 Å². The van der Waals surface area contributed by atoms with Gasteiger partial charge in [-0.15, -0.1) is 10.2 Å². The Labute approximate surface area is 121 Å². The van der Waals surface area contributed by atoms with E-state index >= 15 is 0 Å². The number of hydrogen-bond donors (Lipinski definition) is 1. The molecule has 0 radical (unpaired) electrons. The third kappa shape index (κ3) is 4.14. The van der Waals surface area contributed by atoms with Crippen LogP contribution in [0.25, 0.3) is 0 Å². The summed E-state index contributed by atoms with van der Waals surface area (Å²) in [4.78, 5) is 10.6. The number of hydrogen-bond acceptors (Lipinski definition) is 5. The van der Waals surface area contributed by atoms with Crippen LogP contribution in [-0.4, -0.2) is 43.1 Å². The molecule has 1 saturated heterocycles. The van der Waals surface area contributed by atoms with E-state index in [2.05, 4.69) is 21.7 Å². The summed E-state index contributed by atoms with van der Waals surface area (Å²) in [5.41, 5.74) is 0. The van der Waals surface area contributed by atoms with Gasteiger partial charge in [-0.05, 0) is 37.2 Å². The van der Waals surface area contributed by atoms with Crippen molar-refractivity contribution in [3.63, 3.8) is 0 Å². The molecule has 1 N–H and O–H groups in total. The van der Waals surface area contributed by atoms with Crippen LogP contribution in [0.5, 0.6) is 0 Å². The maximum Gasteiger partial charge on any atom is 0.313 e. The molecule has 19 heavy (non-hydrogen) atoms. The van der Waals surface area contributed by atoms with Crippen molar-refractivity contribution in [3.8, 4) is 0 Å². The molecule has 0 atom stereocenters. The van der Waals surface area contributed by atoms with Crippen LogP contribution >= 0.6 is 23.5 Å². The second-order valence-corrected chi connectivity index (χ2v) is 6.75. The number of aliphatic carboxylic acids is 1. The van der Waals surface area contributed by atoms with Crippen molar-refractivity contribution in [3.05, 3.63) is 5.82 Å². The highest BCUT2D eigenvalue weighted by molar-refractivity contribution is 7.99. The predicted molar refractivity (Wildman–Crippen MR) is 77.8 cm³/mol. The number of rotatable bonds is 6. The summed E-state index contributed by atoms with van der Waals surface area (Å²) >= 11 is 3.27. The van der Waals surface area contributed by atoms with E-state index in [0.29, 0.717) is 5.92 Å². The second-order valence-electron chi connectivity index (χ2n) is 4.59. The first kappa shape index (κ1) is 14.7. The fraction of sp³-hybridized carbons (Fsp3) is 0.750. The van der Waals surface area contributed by atoms with Gasteiger partial charge in [-0.1, -0.05) is 11.8 Å². The topological polar surface area (TPSA) is 68.0 Å². The van der Waals surface area contributed by atoms with Crippen molar-refractivity contribution in [2.75, 3.05) is 17.3 Å². The van der Waals surface area contributed by atoms with Crippen molar-refractivity contribution in [2.24, 2.45) is 5.92 Å². The van der Waals surface area contributed by atoms with E-state index in [1.165, 1.54) is 36.1 Å². The summed E-state index contributed by atoms with van der Waals surface area (Å²) in [6.07, 6.45) is 3.46. The predicted octanol–water partition coefficient (Wildman–Crippen LogP) is 2.16. The second kappa shape index (κ2) is 7.19. The van der Waals surface area contributed by atoms with E-state index in [9.17, 15) is 4.79 Å².